The maximum Gasteiger partial charge on any atom is 0.332 e. The maximum atomic E-state index is 13.1. The molecule has 1 aromatic carbocycles. The number of fused-ring (bicyclic) bond motifs is 1. The van der Waals surface area contributed by atoms with Crippen LogP contribution in [0.1, 0.15) is 24.8 Å². The lowest BCUT2D eigenvalue weighted by molar-refractivity contribution is 0.106. The number of alkyl halides is 3. The fourth-order valence-electron chi connectivity index (χ4n) is 3.24. The van der Waals surface area contributed by atoms with Crippen LogP contribution in [0, 0.1) is 0 Å². The van der Waals surface area contributed by atoms with E-state index in [4.69, 9.17) is 9.84 Å². The Labute approximate surface area is 190 Å². The molecule has 0 atom stereocenters. The van der Waals surface area contributed by atoms with E-state index in [1.807, 2.05) is 30.3 Å². The number of aliphatic hydroxyl groups is 1. The van der Waals surface area contributed by atoms with Gasteiger partial charge in [-0.3, -0.25) is 18.5 Å². The highest BCUT2D eigenvalue weighted by molar-refractivity contribution is 14.1. The third-order valence-corrected chi connectivity index (χ3v) is 5.30. The first-order valence-electron chi connectivity index (χ1n) is 9.77. The molecule has 31 heavy (non-hydrogen) atoms. The Balaban J connectivity index is 2.08. The summed E-state index contributed by atoms with van der Waals surface area (Å²) in [5.74, 6) is 0. The average molecular weight is 548 g/mol. The standard InChI is InChI=1S/C20H23F2IN4O4/c1-25-16-15(17(29)26(19(25)30)10-6-11-28)27(13-14-7-3-2-4-8-14)18(24-16)31-12-5-9-20(21,22)23/h2-4,7-8,28H,5-6,9-13H2,1H3. The van der Waals surface area contributed by atoms with Crippen molar-refractivity contribution in [3.8, 4) is 6.01 Å². The van der Waals surface area contributed by atoms with Gasteiger partial charge in [-0.1, -0.05) is 30.3 Å². The van der Waals surface area contributed by atoms with Crippen LogP contribution in [0.2, 0.25) is 0 Å². The molecule has 1 N–H and O–H groups in total. The van der Waals surface area contributed by atoms with Crippen molar-refractivity contribution >= 4 is 33.8 Å². The summed E-state index contributed by atoms with van der Waals surface area (Å²) >= 11 is 1.08. The Morgan fingerprint density at radius 3 is 2.52 bits per heavy atom. The largest absolute Gasteiger partial charge is 0.465 e. The van der Waals surface area contributed by atoms with E-state index in [1.54, 1.807) is 4.57 Å². The van der Waals surface area contributed by atoms with E-state index < -0.39 is 15.2 Å². The van der Waals surface area contributed by atoms with Crippen LogP contribution in [0.4, 0.5) is 8.78 Å². The summed E-state index contributed by atoms with van der Waals surface area (Å²) in [7, 11) is 1.50. The van der Waals surface area contributed by atoms with Crippen molar-refractivity contribution in [2.24, 2.45) is 7.05 Å². The zero-order valence-electron chi connectivity index (χ0n) is 16.9. The zero-order chi connectivity index (χ0) is 22.6. The molecule has 3 rings (SSSR count). The molecule has 3 aromatic rings. The number of aliphatic hydroxyl groups excluding tert-OH is 1. The first kappa shape index (κ1) is 23.4. The second-order valence-corrected chi connectivity index (χ2v) is 8.66. The van der Waals surface area contributed by atoms with Crippen LogP contribution in [-0.4, -0.2) is 40.9 Å². The predicted molar refractivity (Wildman–Crippen MR) is 120 cm³/mol. The zero-order valence-corrected chi connectivity index (χ0v) is 19.1. The van der Waals surface area contributed by atoms with E-state index in [9.17, 15) is 18.4 Å². The van der Waals surface area contributed by atoms with Gasteiger partial charge in [0.1, 0.15) is 0 Å². The van der Waals surface area contributed by atoms with Gasteiger partial charge in [-0.2, -0.15) is 13.8 Å². The van der Waals surface area contributed by atoms with Crippen molar-refractivity contribution in [3.05, 3.63) is 56.7 Å². The van der Waals surface area contributed by atoms with Crippen molar-refractivity contribution in [1.29, 1.82) is 0 Å². The molecule has 0 saturated heterocycles. The van der Waals surface area contributed by atoms with Gasteiger partial charge in [-0.05, 0) is 41.0 Å². The molecule has 0 bridgehead atoms. The molecular weight excluding hydrogens is 525 g/mol. The molecule has 2 aromatic heterocycles. The number of aryl methyl sites for hydroxylation is 1. The van der Waals surface area contributed by atoms with E-state index in [0.717, 1.165) is 32.7 Å². The van der Waals surface area contributed by atoms with Crippen LogP contribution < -0.4 is 16.0 Å². The van der Waals surface area contributed by atoms with Crippen molar-refractivity contribution in [2.75, 3.05) is 13.2 Å². The van der Waals surface area contributed by atoms with Gasteiger partial charge in [0.2, 0.25) is 0 Å². The summed E-state index contributed by atoms with van der Waals surface area (Å²) in [6, 6.07) is 9.40. The van der Waals surface area contributed by atoms with Gasteiger partial charge in [0.05, 0.1) is 13.2 Å². The van der Waals surface area contributed by atoms with Gasteiger partial charge in [0.15, 0.2) is 11.2 Å². The third-order valence-electron chi connectivity index (χ3n) is 4.76. The molecule has 0 saturated carbocycles. The number of ether oxygens (including phenoxy) is 1. The molecule has 0 amide bonds. The topological polar surface area (TPSA) is 91.3 Å². The smallest absolute Gasteiger partial charge is 0.332 e. The molecule has 2 heterocycles. The molecule has 0 fully saturated rings. The minimum absolute atomic E-state index is 0.0106. The predicted octanol–water partition coefficient (Wildman–Crippen LogP) is 2.51. The Hall–Kier alpha value is -2.28. The first-order valence-corrected chi connectivity index (χ1v) is 10.8. The van der Waals surface area contributed by atoms with Crippen molar-refractivity contribution in [2.45, 2.75) is 36.3 Å². The molecule has 11 heteroatoms. The molecule has 168 valence electrons. The number of benzene rings is 1. The number of rotatable bonds is 10. The number of halogens is 3. The van der Waals surface area contributed by atoms with E-state index in [-0.39, 0.29) is 62.7 Å². The van der Waals surface area contributed by atoms with E-state index in [2.05, 4.69) is 4.98 Å². The molecule has 0 radical (unpaired) electrons. The Morgan fingerprint density at radius 1 is 1.16 bits per heavy atom. The molecule has 0 aliphatic carbocycles. The normalized spacial score (nSPS) is 11.9. The molecular formula is C20H23F2IN4O4. The summed E-state index contributed by atoms with van der Waals surface area (Å²) in [5.41, 5.74) is 0.120. The van der Waals surface area contributed by atoms with Crippen LogP contribution in [0.15, 0.2) is 39.9 Å². The van der Waals surface area contributed by atoms with Crippen molar-refractivity contribution in [1.82, 2.24) is 18.7 Å². The minimum atomic E-state index is -2.82. The molecule has 0 aliphatic rings. The van der Waals surface area contributed by atoms with Gasteiger partial charge in [-0.15, -0.1) is 0 Å². The van der Waals surface area contributed by atoms with Crippen LogP contribution in [0.3, 0.4) is 0 Å². The molecule has 0 aliphatic heterocycles. The number of aromatic nitrogens is 4. The Morgan fingerprint density at radius 2 is 1.87 bits per heavy atom. The highest BCUT2D eigenvalue weighted by Crippen LogP contribution is 2.28. The summed E-state index contributed by atoms with van der Waals surface area (Å²) < 4.78 is 32.9. The van der Waals surface area contributed by atoms with Crippen LogP contribution in [-0.2, 0) is 20.1 Å². The maximum absolute atomic E-state index is 13.1. The summed E-state index contributed by atoms with van der Waals surface area (Å²) in [4.78, 5) is 30.1. The second kappa shape index (κ2) is 9.90. The van der Waals surface area contributed by atoms with Crippen LogP contribution in [0.25, 0.3) is 11.2 Å². The fraction of sp³-hybridized carbons (Fsp3) is 0.450. The third kappa shape index (κ3) is 5.50. The highest BCUT2D eigenvalue weighted by atomic mass is 127. The number of hydrogen-bond donors (Lipinski definition) is 1. The quantitative estimate of drug-likeness (QED) is 0.239. The molecule has 0 spiro atoms. The first-order chi connectivity index (χ1) is 14.7. The number of nitrogens with zero attached hydrogens (tertiary/aromatic N) is 4. The van der Waals surface area contributed by atoms with E-state index in [1.165, 1.54) is 11.6 Å². The molecule has 0 unspecified atom stereocenters. The minimum Gasteiger partial charge on any atom is -0.465 e. The SMILES string of the molecule is Cn1c(=O)n(CCCO)c(=O)c2c1nc(OCCCC(F)(F)I)n2Cc1ccccc1. The van der Waals surface area contributed by atoms with Crippen LogP contribution >= 0.6 is 22.6 Å². The lowest BCUT2D eigenvalue weighted by atomic mass is 10.2. The second-order valence-electron chi connectivity index (χ2n) is 7.08. The van der Waals surface area contributed by atoms with Gasteiger partial charge in [-0.25, -0.2) is 4.79 Å². The Kier molecular flexibility index (Phi) is 7.46. The summed E-state index contributed by atoms with van der Waals surface area (Å²) in [5, 5.41) is 9.11. The van der Waals surface area contributed by atoms with Gasteiger partial charge < -0.3 is 9.84 Å². The van der Waals surface area contributed by atoms with Gasteiger partial charge in [0.25, 0.3) is 15.5 Å². The monoisotopic (exact) mass is 548 g/mol. The average Bonchev–Trinajstić information content (AvgIpc) is 3.08. The van der Waals surface area contributed by atoms with Gasteiger partial charge >= 0.3 is 5.69 Å². The highest BCUT2D eigenvalue weighted by Gasteiger charge is 2.24. The summed E-state index contributed by atoms with van der Waals surface area (Å²) in [6.07, 6.45) is 0.00438. The van der Waals surface area contributed by atoms with E-state index in [0.29, 0.717) is 0 Å². The van der Waals surface area contributed by atoms with Crippen molar-refractivity contribution < 1.29 is 18.6 Å². The Bertz CT molecular complexity index is 1150. The van der Waals surface area contributed by atoms with Crippen molar-refractivity contribution in [3.63, 3.8) is 0 Å². The molecule has 8 nitrogen and oxygen atoms in total. The lowest BCUT2D eigenvalue weighted by Gasteiger charge is -2.12. The lowest BCUT2D eigenvalue weighted by Crippen LogP contribution is -2.39. The van der Waals surface area contributed by atoms with Gasteiger partial charge in [0, 0.05) is 26.6 Å². The fourth-order valence-corrected chi connectivity index (χ4v) is 3.62. The summed E-state index contributed by atoms with van der Waals surface area (Å²) in [6.45, 7) is 0.147. The number of imidazole rings is 1. The van der Waals surface area contributed by atoms with Crippen LogP contribution in [0.5, 0.6) is 6.01 Å². The number of hydrogen-bond acceptors (Lipinski definition) is 5. The van der Waals surface area contributed by atoms with E-state index >= 15 is 0 Å².